The fourth-order valence-electron chi connectivity index (χ4n) is 3.43. The molecule has 4 nitrogen and oxygen atoms in total. The molecule has 1 atom stereocenters. The molecule has 0 radical (unpaired) electrons. The molecule has 0 saturated carbocycles. The normalized spacial score (nSPS) is 16.2. The van der Waals surface area contributed by atoms with Crippen LogP contribution < -0.4 is 15.9 Å². The van der Waals surface area contributed by atoms with Crippen molar-refractivity contribution in [2.24, 2.45) is 4.74 Å². The first-order valence-corrected chi connectivity index (χ1v) is 11.3. The standard InChI is InChI=1S/C24H22NO3P/c1-2-27-23-18-22(24(26)28-23)25-29(19-12-6-3-7-13-19,20-14-8-4-9-15-20)21-16-10-5-11-17-21/h3-18,23H,2H2,1H3. The summed E-state index contributed by atoms with van der Waals surface area (Å²) in [5, 5.41) is 3.22. The van der Waals surface area contributed by atoms with E-state index in [0.29, 0.717) is 12.3 Å². The maximum atomic E-state index is 12.6. The molecule has 1 aliphatic rings. The predicted octanol–water partition coefficient (Wildman–Crippen LogP) is 3.97. The Morgan fingerprint density at radius 2 is 1.28 bits per heavy atom. The van der Waals surface area contributed by atoms with Crippen molar-refractivity contribution in [3.05, 3.63) is 103 Å². The highest BCUT2D eigenvalue weighted by molar-refractivity contribution is 7.87. The third-order valence-electron chi connectivity index (χ3n) is 4.70. The average Bonchev–Trinajstić information content (AvgIpc) is 3.12. The second kappa shape index (κ2) is 8.60. The summed E-state index contributed by atoms with van der Waals surface area (Å²) in [6.07, 6.45) is 0.991. The first-order chi connectivity index (χ1) is 14.2. The molecule has 0 amide bonds. The van der Waals surface area contributed by atoms with Crippen LogP contribution in [-0.4, -0.2) is 18.9 Å². The van der Waals surface area contributed by atoms with Gasteiger partial charge in [-0.05, 0) is 6.92 Å². The Hall–Kier alpha value is -2.94. The average molecular weight is 403 g/mol. The Kier molecular flexibility index (Phi) is 5.75. The van der Waals surface area contributed by atoms with Crippen LogP contribution >= 0.6 is 7.05 Å². The van der Waals surface area contributed by atoms with Crippen molar-refractivity contribution in [3.63, 3.8) is 0 Å². The van der Waals surface area contributed by atoms with Gasteiger partial charge in [0, 0.05) is 28.6 Å². The largest absolute Gasteiger partial charge is 0.427 e. The van der Waals surface area contributed by atoms with Crippen LogP contribution in [0.5, 0.6) is 0 Å². The summed E-state index contributed by atoms with van der Waals surface area (Å²) < 4.78 is 16.0. The minimum atomic E-state index is -2.48. The Labute approximate surface area is 170 Å². The number of hydrogen-bond acceptors (Lipinski definition) is 4. The van der Waals surface area contributed by atoms with E-state index in [1.807, 2.05) is 61.5 Å². The van der Waals surface area contributed by atoms with Gasteiger partial charge in [0.1, 0.15) is 5.70 Å². The fourth-order valence-corrected chi connectivity index (χ4v) is 6.95. The van der Waals surface area contributed by atoms with Crippen LogP contribution in [0, 0.1) is 0 Å². The van der Waals surface area contributed by atoms with Gasteiger partial charge in [-0.3, -0.25) is 0 Å². The van der Waals surface area contributed by atoms with Crippen molar-refractivity contribution >= 4 is 28.9 Å². The molecule has 0 bridgehead atoms. The maximum absolute atomic E-state index is 12.6. The molecule has 4 rings (SSSR count). The zero-order chi connectivity index (χ0) is 20.1. The number of carbonyl (C=O) groups is 1. The summed E-state index contributed by atoms with van der Waals surface area (Å²) in [4.78, 5) is 12.6. The highest BCUT2D eigenvalue weighted by Crippen LogP contribution is 2.48. The molecule has 0 N–H and O–H groups in total. The quantitative estimate of drug-likeness (QED) is 0.462. The topological polar surface area (TPSA) is 47.9 Å². The first kappa shape index (κ1) is 19.4. The molecule has 0 aliphatic carbocycles. The highest BCUT2D eigenvalue weighted by Gasteiger charge is 2.32. The van der Waals surface area contributed by atoms with Crippen LogP contribution in [0.1, 0.15) is 6.92 Å². The number of benzene rings is 3. The number of rotatable bonds is 6. The minimum Gasteiger partial charge on any atom is -0.427 e. The third-order valence-corrected chi connectivity index (χ3v) is 8.36. The molecule has 3 aromatic carbocycles. The number of ether oxygens (including phenoxy) is 2. The molecule has 29 heavy (non-hydrogen) atoms. The van der Waals surface area contributed by atoms with Gasteiger partial charge in [-0.2, -0.15) is 0 Å². The molecular weight excluding hydrogens is 381 g/mol. The van der Waals surface area contributed by atoms with Crippen molar-refractivity contribution in [1.29, 1.82) is 0 Å². The van der Waals surface area contributed by atoms with Gasteiger partial charge in [0.2, 0.25) is 6.29 Å². The maximum Gasteiger partial charge on any atom is 0.359 e. The summed E-state index contributed by atoms with van der Waals surface area (Å²) in [5.74, 6) is -0.449. The molecule has 1 heterocycles. The van der Waals surface area contributed by atoms with Gasteiger partial charge in [-0.1, -0.05) is 91.0 Å². The van der Waals surface area contributed by atoms with E-state index in [4.69, 9.17) is 14.2 Å². The predicted molar refractivity (Wildman–Crippen MR) is 117 cm³/mol. The van der Waals surface area contributed by atoms with E-state index in [1.54, 1.807) is 6.08 Å². The molecule has 1 aliphatic heterocycles. The zero-order valence-corrected chi connectivity index (χ0v) is 17.0. The Bertz CT molecular complexity index is 960. The molecule has 5 heteroatoms. The Balaban J connectivity index is 2.04. The van der Waals surface area contributed by atoms with Crippen molar-refractivity contribution in [2.75, 3.05) is 6.61 Å². The van der Waals surface area contributed by atoms with Gasteiger partial charge >= 0.3 is 5.97 Å². The number of cyclic esters (lactones) is 1. The molecule has 0 aromatic heterocycles. The van der Waals surface area contributed by atoms with E-state index in [1.165, 1.54) is 0 Å². The van der Waals surface area contributed by atoms with Crippen LogP contribution in [0.3, 0.4) is 0 Å². The second-order valence-corrected chi connectivity index (χ2v) is 9.54. The van der Waals surface area contributed by atoms with Crippen LogP contribution in [0.4, 0.5) is 0 Å². The molecule has 146 valence electrons. The number of hydrogen-bond donors (Lipinski definition) is 0. The monoisotopic (exact) mass is 403 g/mol. The number of carbonyl (C=O) groups excluding carboxylic acids is 1. The summed E-state index contributed by atoms with van der Waals surface area (Å²) in [6, 6.07) is 30.5. The minimum absolute atomic E-state index is 0.313. The van der Waals surface area contributed by atoms with Crippen molar-refractivity contribution in [3.8, 4) is 0 Å². The Morgan fingerprint density at radius 1 is 0.828 bits per heavy atom. The van der Waals surface area contributed by atoms with E-state index in [-0.39, 0.29) is 0 Å². The van der Waals surface area contributed by atoms with Gasteiger partial charge in [0.25, 0.3) is 0 Å². The zero-order valence-electron chi connectivity index (χ0n) is 16.1. The lowest BCUT2D eigenvalue weighted by molar-refractivity contribution is -0.157. The van der Waals surface area contributed by atoms with Crippen LogP contribution in [-0.2, 0) is 14.3 Å². The van der Waals surface area contributed by atoms with Crippen molar-refractivity contribution < 1.29 is 14.3 Å². The van der Waals surface area contributed by atoms with E-state index in [9.17, 15) is 4.79 Å². The summed E-state index contributed by atoms with van der Waals surface area (Å²) in [7, 11) is -2.48. The van der Waals surface area contributed by atoms with Crippen LogP contribution in [0.15, 0.2) is 108 Å². The SMILES string of the molecule is CCOC1C=C(N=P(c2ccccc2)(c2ccccc2)c2ccccc2)C(=O)O1. The first-order valence-electron chi connectivity index (χ1n) is 9.57. The second-order valence-electron chi connectivity index (χ2n) is 6.52. The van der Waals surface area contributed by atoms with Crippen LogP contribution in [0.25, 0.3) is 0 Å². The van der Waals surface area contributed by atoms with Gasteiger partial charge in [-0.15, -0.1) is 0 Å². The fraction of sp³-hybridized carbons (Fsp3) is 0.125. The van der Waals surface area contributed by atoms with Gasteiger partial charge in [0.15, 0.2) is 0 Å². The van der Waals surface area contributed by atoms with E-state index in [2.05, 4.69) is 36.4 Å². The summed E-state index contributed by atoms with van der Waals surface area (Å²) >= 11 is 0. The molecular formula is C24H22NO3P. The van der Waals surface area contributed by atoms with Crippen molar-refractivity contribution in [2.45, 2.75) is 13.2 Å². The summed E-state index contributed by atoms with van der Waals surface area (Å²) in [5.41, 5.74) is 0.313. The number of nitrogens with zero attached hydrogens (tertiary/aromatic N) is 1. The summed E-state index contributed by atoms with van der Waals surface area (Å²) in [6.45, 7) is 2.32. The van der Waals surface area contributed by atoms with Crippen LogP contribution in [0.2, 0.25) is 0 Å². The Morgan fingerprint density at radius 3 is 1.69 bits per heavy atom. The molecule has 1 unspecified atom stereocenters. The van der Waals surface area contributed by atoms with E-state index in [0.717, 1.165) is 15.9 Å². The smallest absolute Gasteiger partial charge is 0.359 e. The van der Waals surface area contributed by atoms with Gasteiger partial charge in [-0.25, -0.2) is 9.54 Å². The van der Waals surface area contributed by atoms with Gasteiger partial charge < -0.3 is 9.47 Å². The third kappa shape index (κ3) is 3.82. The lowest BCUT2D eigenvalue weighted by Crippen LogP contribution is -2.25. The lowest BCUT2D eigenvalue weighted by Gasteiger charge is -2.26. The van der Waals surface area contributed by atoms with E-state index < -0.39 is 19.3 Å². The molecule has 0 saturated heterocycles. The molecule has 0 fully saturated rings. The molecule has 3 aromatic rings. The number of esters is 1. The lowest BCUT2D eigenvalue weighted by atomic mass is 10.4. The van der Waals surface area contributed by atoms with Crippen molar-refractivity contribution in [1.82, 2.24) is 0 Å². The van der Waals surface area contributed by atoms with E-state index >= 15 is 0 Å². The van der Waals surface area contributed by atoms with Gasteiger partial charge in [0.05, 0.1) is 7.05 Å². The molecule has 0 spiro atoms. The highest BCUT2D eigenvalue weighted by atomic mass is 31.2.